The van der Waals surface area contributed by atoms with Crippen LogP contribution in [0.3, 0.4) is 0 Å². The van der Waals surface area contributed by atoms with E-state index in [9.17, 15) is 9.90 Å². The summed E-state index contributed by atoms with van der Waals surface area (Å²) in [4.78, 5) is 12.2. The lowest BCUT2D eigenvalue weighted by Crippen LogP contribution is -2.55. The van der Waals surface area contributed by atoms with Gasteiger partial charge in [-0.1, -0.05) is 13.8 Å². The molecule has 0 aromatic carbocycles. The molecule has 136 valence electrons. The standard InChI is InChI=1S/C22H36O2/c1-4-22-12-9-16(24)13-15(22)5-6-17-19-8-7-18(14(2)23)21(19,3)11-10-20(17)22/h15-20,24H,4-13H2,1-3H3/t15-,16+,17-,18+,19-,20-,21+,22-/m0/s1. The van der Waals surface area contributed by atoms with Gasteiger partial charge in [0.05, 0.1) is 6.10 Å². The van der Waals surface area contributed by atoms with Gasteiger partial charge in [0, 0.05) is 5.92 Å². The maximum absolute atomic E-state index is 12.2. The van der Waals surface area contributed by atoms with Crippen molar-refractivity contribution in [1.29, 1.82) is 0 Å². The van der Waals surface area contributed by atoms with Gasteiger partial charge >= 0.3 is 0 Å². The van der Waals surface area contributed by atoms with Crippen molar-refractivity contribution < 1.29 is 9.90 Å². The summed E-state index contributed by atoms with van der Waals surface area (Å²) in [6, 6.07) is 0. The molecule has 4 saturated carbocycles. The second-order valence-corrected chi connectivity index (χ2v) is 9.95. The van der Waals surface area contributed by atoms with E-state index in [-0.39, 0.29) is 11.5 Å². The van der Waals surface area contributed by atoms with Crippen LogP contribution in [-0.4, -0.2) is 17.0 Å². The highest BCUT2D eigenvalue weighted by atomic mass is 16.3. The minimum Gasteiger partial charge on any atom is -0.393 e. The van der Waals surface area contributed by atoms with Crippen molar-refractivity contribution in [2.75, 3.05) is 0 Å². The lowest BCUT2D eigenvalue weighted by atomic mass is 9.43. The summed E-state index contributed by atoms with van der Waals surface area (Å²) < 4.78 is 0. The molecule has 2 nitrogen and oxygen atoms in total. The number of Topliss-reactive ketones (excluding diaryl/α,β-unsaturated/α-hetero) is 1. The van der Waals surface area contributed by atoms with Crippen LogP contribution in [0.4, 0.5) is 0 Å². The highest BCUT2D eigenvalue weighted by Crippen LogP contribution is 2.68. The van der Waals surface area contributed by atoms with E-state index in [1.807, 2.05) is 6.92 Å². The topological polar surface area (TPSA) is 37.3 Å². The van der Waals surface area contributed by atoms with E-state index in [1.54, 1.807) is 0 Å². The molecule has 0 unspecified atom stereocenters. The molecule has 0 bridgehead atoms. The number of carbonyl (C=O) groups is 1. The van der Waals surface area contributed by atoms with Crippen molar-refractivity contribution in [2.45, 2.75) is 91.1 Å². The summed E-state index contributed by atoms with van der Waals surface area (Å²) in [5.74, 6) is 4.00. The largest absolute Gasteiger partial charge is 0.393 e. The quantitative estimate of drug-likeness (QED) is 0.774. The number of aliphatic hydroxyl groups excluding tert-OH is 1. The molecule has 0 radical (unpaired) electrons. The molecule has 1 N–H and O–H groups in total. The zero-order valence-corrected chi connectivity index (χ0v) is 15.9. The second kappa shape index (κ2) is 5.83. The van der Waals surface area contributed by atoms with Crippen molar-refractivity contribution in [1.82, 2.24) is 0 Å². The van der Waals surface area contributed by atoms with Crippen LogP contribution in [0.1, 0.15) is 85.0 Å². The van der Waals surface area contributed by atoms with Crippen molar-refractivity contribution in [3.8, 4) is 0 Å². The molecule has 0 heterocycles. The molecule has 0 amide bonds. The van der Waals surface area contributed by atoms with Crippen LogP contribution in [0.25, 0.3) is 0 Å². The van der Waals surface area contributed by atoms with Crippen LogP contribution in [0, 0.1) is 40.4 Å². The van der Waals surface area contributed by atoms with Crippen LogP contribution in [0.2, 0.25) is 0 Å². The van der Waals surface area contributed by atoms with Crippen LogP contribution >= 0.6 is 0 Å². The average Bonchev–Trinajstić information content (AvgIpc) is 2.91. The Hall–Kier alpha value is -0.370. The highest BCUT2D eigenvalue weighted by molar-refractivity contribution is 5.79. The number of ketones is 1. The van der Waals surface area contributed by atoms with Crippen LogP contribution < -0.4 is 0 Å². The van der Waals surface area contributed by atoms with Crippen molar-refractivity contribution in [3.63, 3.8) is 0 Å². The predicted octanol–water partition coefficient (Wildman–Crippen LogP) is 4.99. The molecule has 4 aliphatic carbocycles. The molecular weight excluding hydrogens is 296 g/mol. The van der Waals surface area contributed by atoms with E-state index in [0.29, 0.717) is 17.1 Å². The summed E-state index contributed by atoms with van der Waals surface area (Å²) >= 11 is 0. The summed E-state index contributed by atoms with van der Waals surface area (Å²) in [7, 11) is 0. The predicted molar refractivity (Wildman–Crippen MR) is 96.5 cm³/mol. The lowest BCUT2D eigenvalue weighted by Gasteiger charge is -2.62. The first kappa shape index (κ1) is 17.1. The number of fused-ring (bicyclic) bond motifs is 5. The lowest BCUT2D eigenvalue weighted by molar-refractivity contribution is -0.144. The fourth-order valence-electron chi connectivity index (χ4n) is 8.41. The first-order valence-corrected chi connectivity index (χ1v) is 10.6. The zero-order valence-electron chi connectivity index (χ0n) is 15.9. The van der Waals surface area contributed by atoms with E-state index in [0.717, 1.165) is 42.9 Å². The number of hydrogen-bond acceptors (Lipinski definition) is 2. The smallest absolute Gasteiger partial charge is 0.133 e. The van der Waals surface area contributed by atoms with Gasteiger partial charge < -0.3 is 5.11 Å². The first-order chi connectivity index (χ1) is 11.4. The number of carbonyl (C=O) groups excluding carboxylic acids is 1. The maximum atomic E-state index is 12.2. The van der Waals surface area contributed by atoms with Gasteiger partial charge in [-0.25, -0.2) is 0 Å². The molecule has 4 aliphatic rings. The second-order valence-electron chi connectivity index (χ2n) is 9.95. The van der Waals surface area contributed by atoms with Gasteiger partial charge in [0.1, 0.15) is 5.78 Å². The molecular formula is C22H36O2. The Balaban J connectivity index is 1.64. The molecule has 0 saturated heterocycles. The Kier molecular flexibility index (Phi) is 4.14. The van der Waals surface area contributed by atoms with Crippen LogP contribution in [0.5, 0.6) is 0 Å². The number of rotatable bonds is 2. The van der Waals surface area contributed by atoms with E-state index in [1.165, 1.54) is 44.9 Å². The molecule has 0 aliphatic heterocycles. The maximum Gasteiger partial charge on any atom is 0.133 e. The van der Waals surface area contributed by atoms with Gasteiger partial charge in [0.15, 0.2) is 0 Å². The van der Waals surface area contributed by atoms with Gasteiger partial charge in [0.2, 0.25) is 0 Å². The zero-order chi connectivity index (χ0) is 17.1. The summed E-state index contributed by atoms with van der Waals surface area (Å²) in [5.41, 5.74) is 0.779. The minimum atomic E-state index is -0.0475. The Labute approximate surface area is 147 Å². The van der Waals surface area contributed by atoms with E-state index >= 15 is 0 Å². The third-order valence-electron chi connectivity index (χ3n) is 9.49. The molecule has 8 atom stereocenters. The summed E-state index contributed by atoms with van der Waals surface area (Å²) in [6.07, 6.45) is 12.3. The monoisotopic (exact) mass is 332 g/mol. The molecule has 24 heavy (non-hydrogen) atoms. The van der Waals surface area contributed by atoms with Gasteiger partial charge in [-0.15, -0.1) is 0 Å². The molecule has 4 rings (SSSR count). The fraction of sp³-hybridized carbons (Fsp3) is 0.955. The number of aliphatic hydroxyl groups is 1. The van der Waals surface area contributed by atoms with E-state index in [2.05, 4.69) is 13.8 Å². The van der Waals surface area contributed by atoms with Gasteiger partial charge in [-0.3, -0.25) is 4.79 Å². The van der Waals surface area contributed by atoms with E-state index in [4.69, 9.17) is 0 Å². The van der Waals surface area contributed by atoms with Crippen molar-refractivity contribution >= 4 is 5.78 Å². The van der Waals surface area contributed by atoms with Gasteiger partial charge in [-0.2, -0.15) is 0 Å². The third kappa shape index (κ3) is 2.20. The molecule has 0 aromatic heterocycles. The SMILES string of the molecule is CC[C@]12CC[C@@H](O)C[C@@H]1CC[C@H]1[C@@H]3CC[C@H](C(C)=O)[C@@]3(C)CC[C@@H]12. The highest BCUT2D eigenvalue weighted by Gasteiger charge is 2.61. The van der Waals surface area contributed by atoms with Crippen LogP contribution in [0.15, 0.2) is 0 Å². The Morgan fingerprint density at radius 3 is 2.54 bits per heavy atom. The molecule has 4 fully saturated rings. The van der Waals surface area contributed by atoms with Crippen molar-refractivity contribution in [2.24, 2.45) is 40.4 Å². The third-order valence-corrected chi connectivity index (χ3v) is 9.49. The summed E-state index contributed by atoms with van der Waals surface area (Å²) in [6.45, 7) is 6.69. The normalized spacial score (nSPS) is 53.8. The van der Waals surface area contributed by atoms with Gasteiger partial charge in [0.25, 0.3) is 0 Å². The fourth-order valence-corrected chi connectivity index (χ4v) is 8.41. The Morgan fingerprint density at radius 1 is 1.04 bits per heavy atom. The average molecular weight is 333 g/mol. The van der Waals surface area contributed by atoms with Gasteiger partial charge in [-0.05, 0) is 106 Å². The molecule has 0 spiro atoms. The molecule has 2 heteroatoms. The van der Waals surface area contributed by atoms with Crippen LogP contribution in [-0.2, 0) is 4.79 Å². The van der Waals surface area contributed by atoms with E-state index < -0.39 is 0 Å². The number of hydrogen-bond donors (Lipinski definition) is 1. The Morgan fingerprint density at radius 2 is 1.83 bits per heavy atom. The minimum absolute atomic E-state index is 0.0475. The summed E-state index contributed by atoms with van der Waals surface area (Å²) in [5, 5.41) is 10.2. The molecule has 0 aromatic rings. The Bertz CT molecular complexity index is 514. The van der Waals surface area contributed by atoms with Crippen molar-refractivity contribution in [3.05, 3.63) is 0 Å². The first-order valence-electron chi connectivity index (χ1n) is 10.6.